The van der Waals surface area contributed by atoms with Crippen molar-refractivity contribution in [3.63, 3.8) is 0 Å². The van der Waals surface area contributed by atoms with Gasteiger partial charge < -0.3 is 9.59 Å². The van der Waals surface area contributed by atoms with Crippen molar-refractivity contribution < 1.29 is 9.59 Å². The molecule has 0 aliphatic carbocycles. The number of ketones is 2. The fourth-order valence-electron chi connectivity index (χ4n) is 1.36. The van der Waals surface area contributed by atoms with Crippen LogP contribution >= 0.6 is 0 Å². The quantitative estimate of drug-likeness (QED) is 0.696. The third kappa shape index (κ3) is 4.82. The lowest BCUT2D eigenvalue weighted by atomic mass is 10.2. The summed E-state index contributed by atoms with van der Waals surface area (Å²) in [5.74, 6) is 0.350. The molecule has 0 saturated carbocycles. The van der Waals surface area contributed by atoms with Crippen LogP contribution in [0.25, 0.3) is 0 Å². The van der Waals surface area contributed by atoms with Gasteiger partial charge in [-0.05, 0) is 26.7 Å². The maximum atomic E-state index is 10.8. The Morgan fingerprint density at radius 3 is 2.56 bits per heavy atom. The van der Waals surface area contributed by atoms with Crippen molar-refractivity contribution >= 4 is 11.6 Å². The number of hydrogen-bond donors (Lipinski definition) is 0. The summed E-state index contributed by atoms with van der Waals surface area (Å²) in [5.41, 5.74) is 0.832. The average molecular weight is 223 g/mol. The summed E-state index contributed by atoms with van der Waals surface area (Å²) in [5, 5.41) is 7.90. The van der Waals surface area contributed by atoms with Crippen LogP contribution in [-0.2, 0) is 22.6 Å². The highest BCUT2D eigenvalue weighted by Gasteiger charge is 2.02. The largest absolute Gasteiger partial charge is 0.300 e. The van der Waals surface area contributed by atoms with E-state index in [1.807, 2.05) is 6.20 Å². The Kier molecular flexibility index (Phi) is 4.82. The minimum absolute atomic E-state index is 0.158. The first-order valence-corrected chi connectivity index (χ1v) is 5.46. The molecule has 0 aliphatic heterocycles. The van der Waals surface area contributed by atoms with E-state index in [0.717, 1.165) is 12.1 Å². The Hall–Kier alpha value is -1.52. The number of hydrogen-bond acceptors (Lipinski definition) is 4. The third-order valence-electron chi connectivity index (χ3n) is 2.24. The van der Waals surface area contributed by atoms with Gasteiger partial charge in [0, 0.05) is 25.6 Å². The molecule has 0 bridgehead atoms. The Bertz CT molecular complexity index is 371. The highest BCUT2D eigenvalue weighted by molar-refractivity contribution is 5.75. The molecule has 5 heteroatoms. The molecule has 1 aromatic heterocycles. The third-order valence-corrected chi connectivity index (χ3v) is 2.24. The second-order valence-corrected chi connectivity index (χ2v) is 3.98. The number of Topliss-reactive ketones (excluding diaryl/α,β-unsaturated/α-hetero) is 2. The average Bonchev–Trinajstić information content (AvgIpc) is 2.62. The molecule has 16 heavy (non-hydrogen) atoms. The zero-order valence-corrected chi connectivity index (χ0v) is 9.77. The fourth-order valence-corrected chi connectivity index (χ4v) is 1.36. The van der Waals surface area contributed by atoms with Crippen molar-refractivity contribution in [1.29, 1.82) is 0 Å². The first-order chi connectivity index (χ1) is 7.58. The molecule has 0 atom stereocenters. The van der Waals surface area contributed by atoms with Gasteiger partial charge in [-0.15, -0.1) is 5.10 Å². The van der Waals surface area contributed by atoms with Crippen molar-refractivity contribution in [3.8, 4) is 0 Å². The molecule has 0 saturated heterocycles. The lowest BCUT2D eigenvalue weighted by Gasteiger charge is -1.97. The van der Waals surface area contributed by atoms with Crippen LogP contribution in [0.3, 0.4) is 0 Å². The van der Waals surface area contributed by atoms with E-state index in [9.17, 15) is 9.59 Å². The first-order valence-electron chi connectivity index (χ1n) is 5.46. The summed E-state index contributed by atoms with van der Waals surface area (Å²) < 4.78 is 1.72. The maximum Gasteiger partial charge on any atom is 0.130 e. The fraction of sp³-hybridized carbons (Fsp3) is 0.636. The van der Waals surface area contributed by atoms with Crippen LogP contribution in [0.15, 0.2) is 6.20 Å². The van der Waals surface area contributed by atoms with Crippen LogP contribution in [0, 0.1) is 0 Å². The van der Waals surface area contributed by atoms with E-state index in [-0.39, 0.29) is 11.6 Å². The van der Waals surface area contributed by atoms with Crippen LogP contribution in [0.5, 0.6) is 0 Å². The normalized spacial score (nSPS) is 10.4. The molecule has 0 aromatic carbocycles. The molecular weight excluding hydrogens is 206 g/mol. The molecule has 1 heterocycles. The molecule has 0 unspecified atom stereocenters. The van der Waals surface area contributed by atoms with E-state index in [4.69, 9.17) is 0 Å². The van der Waals surface area contributed by atoms with Gasteiger partial charge in [-0.1, -0.05) is 5.21 Å². The van der Waals surface area contributed by atoms with Gasteiger partial charge in [0.2, 0.25) is 0 Å². The Labute approximate surface area is 94.8 Å². The van der Waals surface area contributed by atoms with E-state index in [0.29, 0.717) is 25.8 Å². The first kappa shape index (κ1) is 12.5. The van der Waals surface area contributed by atoms with Crippen LogP contribution in [-0.4, -0.2) is 26.6 Å². The summed E-state index contributed by atoms with van der Waals surface area (Å²) in [6, 6.07) is 0. The molecule has 0 aliphatic rings. The monoisotopic (exact) mass is 223 g/mol. The molecule has 0 amide bonds. The van der Waals surface area contributed by atoms with Crippen molar-refractivity contribution in [2.45, 2.75) is 46.1 Å². The molecule has 0 fully saturated rings. The van der Waals surface area contributed by atoms with Crippen molar-refractivity contribution in [3.05, 3.63) is 11.9 Å². The van der Waals surface area contributed by atoms with Gasteiger partial charge in [0.25, 0.3) is 0 Å². The van der Waals surface area contributed by atoms with E-state index in [1.165, 1.54) is 0 Å². The van der Waals surface area contributed by atoms with Crippen molar-refractivity contribution in [2.75, 3.05) is 0 Å². The Balaban J connectivity index is 2.33. The second kappa shape index (κ2) is 6.15. The van der Waals surface area contributed by atoms with Gasteiger partial charge in [-0.3, -0.25) is 4.68 Å². The van der Waals surface area contributed by atoms with E-state index in [1.54, 1.807) is 18.5 Å². The number of carbonyl (C=O) groups excluding carboxylic acids is 2. The molecule has 1 rings (SSSR count). The van der Waals surface area contributed by atoms with Gasteiger partial charge in [-0.2, -0.15) is 0 Å². The number of rotatable bonds is 7. The smallest absolute Gasteiger partial charge is 0.130 e. The lowest BCUT2D eigenvalue weighted by molar-refractivity contribution is -0.117. The van der Waals surface area contributed by atoms with Crippen molar-refractivity contribution in [2.24, 2.45) is 0 Å². The van der Waals surface area contributed by atoms with Gasteiger partial charge in [0.1, 0.15) is 11.6 Å². The molecule has 1 aromatic rings. The lowest BCUT2D eigenvalue weighted by Crippen LogP contribution is -2.01. The summed E-state index contributed by atoms with van der Waals surface area (Å²) in [6.45, 7) is 3.85. The molecule has 0 spiro atoms. The molecule has 5 nitrogen and oxygen atoms in total. The van der Waals surface area contributed by atoms with Crippen LogP contribution in [0.2, 0.25) is 0 Å². The molecular formula is C11H17N3O2. The zero-order chi connectivity index (χ0) is 12.0. The predicted molar refractivity (Wildman–Crippen MR) is 58.9 cm³/mol. The molecule has 0 N–H and O–H groups in total. The number of aryl methyl sites for hydroxylation is 2. The highest BCUT2D eigenvalue weighted by atomic mass is 16.1. The van der Waals surface area contributed by atoms with E-state index in [2.05, 4.69) is 10.3 Å². The standard InChI is InChI=1S/C11H17N3O2/c1-9(15)4-3-7-14-8-11(12-13-14)6-5-10(2)16/h8H,3-7H2,1-2H3. The number of aromatic nitrogens is 3. The second-order valence-electron chi connectivity index (χ2n) is 3.98. The number of carbonyl (C=O) groups is 2. The maximum absolute atomic E-state index is 10.8. The number of nitrogens with zero attached hydrogens (tertiary/aromatic N) is 3. The minimum atomic E-state index is 0.158. The predicted octanol–water partition coefficient (Wildman–Crippen LogP) is 1.17. The summed E-state index contributed by atoms with van der Waals surface area (Å²) in [6.07, 6.45) is 4.34. The summed E-state index contributed by atoms with van der Waals surface area (Å²) in [4.78, 5) is 21.5. The summed E-state index contributed by atoms with van der Waals surface area (Å²) >= 11 is 0. The SMILES string of the molecule is CC(=O)CCCn1cc(CCC(C)=O)nn1. The van der Waals surface area contributed by atoms with Crippen LogP contribution < -0.4 is 0 Å². The van der Waals surface area contributed by atoms with Gasteiger partial charge in [-0.25, -0.2) is 0 Å². The van der Waals surface area contributed by atoms with E-state index < -0.39 is 0 Å². The topological polar surface area (TPSA) is 64.8 Å². The zero-order valence-electron chi connectivity index (χ0n) is 9.77. The summed E-state index contributed by atoms with van der Waals surface area (Å²) in [7, 11) is 0. The molecule has 0 radical (unpaired) electrons. The highest BCUT2D eigenvalue weighted by Crippen LogP contribution is 2.01. The van der Waals surface area contributed by atoms with Gasteiger partial charge >= 0.3 is 0 Å². The van der Waals surface area contributed by atoms with Crippen molar-refractivity contribution in [1.82, 2.24) is 15.0 Å². The minimum Gasteiger partial charge on any atom is -0.300 e. The van der Waals surface area contributed by atoms with Crippen LogP contribution in [0.1, 0.15) is 38.8 Å². The van der Waals surface area contributed by atoms with E-state index >= 15 is 0 Å². The van der Waals surface area contributed by atoms with Gasteiger partial charge in [0.15, 0.2) is 0 Å². The Morgan fingerprint density at radius 1 is 1.25 bits per heavy atom. The van der Waals surface area contributed by atoms with Crippen LogP contribution in [0.4, 0.5) is 0 Å². The van der Waals surface area contributed by atoms with Gasteiger partial charge in [0.05, 0.1) is 5.69 Å². The molecule has 88 valence electrons. The Morgan fingerprint density at radius 2 is 1.94 bits per heavy atom.